The van der Waals surface area contributed by atoms with Crippen LogP contribution >= 0.6 is 23.2 Å². The SMILES string of the molecule is C=C1OB(c2c(-c3ccccc3Cl)ncc3cc(Cl)ncc23)OC1(C)C. The van der Waals surface area contributed by atoms with Crippen LogP contribution in [0.4, 0.5) is 0 Å². The van der Waals surface area contributed by atoms with Crippen LogP contribution in [0.2, 0.25) is 10.2 Å². The monoisotopic (exact) mass is 384 g/mol. The molecule has 26 heavy (non-hydrogen) atoms. The Morgan fingerprint density at radius 2 is 1.88 bits per heavy atom. The van der Waals surface area contributed by atoms with E-state index in [0.29, 0.717) is 21.6 Å². The van der Waals surface area contributed by atoms with Crippen molar-refractivity contribution in [2.45, 2.75) is 19.4 Å². The smallest absolute Gasteiger partial charge is 0.534 e. The van der Waals surface area contributed by atoms with Gasteiger partial charge in [-0.05, 0) is 26.0 Å². The minimum Gasteiger partial charge on any atom is -0.534 e. The molecule has 7 heteroatoms. The first-order valence-electron chi connectivity index (χ1n) is 8.10. The average Bonchev–Trinajstić information content (AvgIpc) is 2.87. The van der Waals surface area contributed by atoms with E-state index >= 15 is 0 Å². The molecule has 0 N–H and O–H groups in total. The molecule has 0 amide bonds. The lowest BCUT2D eigenvalue weighted by molar-refractivity contribution is 0.173. The van der Waals surface area contributed by atoms with Gasteiger partial charge in [0.15, 0.2) is 0 Å². The highest BCUT2D eigenvalue weighted by atomic mass is 35.5. The summed E-state index contributed by atoms with van der Waals surface area (Å²) in [4.78, 5) is 8.86. The van der Waals surface area contributed by atoms with Gasteiger partial charge in [0, 0.05) is 39.2 Å². The second-order valence-corrected chi connectivity index (χ2v) is 7.39. The third kappa shape index (κ3) is 2.86. The zero-order valence-electron chi connectivity index (χ0n) is 14.3. The maximum atomic E-state index is 6.42. The Morgan fingerprint density at radius 3 is 2.58 bits per heavy atom. The van der Waals surface area contributed by atoms with Crippen molar-refractivity contribution in [3.63, 3.8) is 0 Å². The van der Waals surface area contributed by atoms with Crippen LogP contribution in [0.5, 0.6) is 0 Å². The molecule has 2 aromatic heterocycles. The Hall–Kier alpha value is -2.08. The lowest BCUT2D eigenvalue weighted by atomic mass is 9.74. The summed E-state index contributed by atoms with van der Waals surface area (Å²) in [6, 6.07) is 9.29. The van der Waals surface area contributed by atoms with E-state index in [9.17, 15) is 0 Å². The molecule has 0 bridgehead atoms. The molecule has 1 aromatic carbocycles. The summed E-state index contributed by atoms with van der Waals surface area (Å²) >= 11 is 12.5. The molecule has 130 valence electrons. The van der Waals surface area contributed by atoms with Gasteiger partial charge in [0.25, 0.3) is 0 Å². The lowest BCUT2D eigenvalue weighted by Gasteiger charge is -2.17. The zero-order chi connectivity index (χ0) is 18.5. The van der Waals surface area contributed by atoms with Gasteiger partial charge in [-0.1, -0.05) is 48.0 Å². The summed E-state index contributed by atoms with van der Waals surface area (Å²) in [7, 11) is -0.664. The first-order valence-corrected chi connectivity index (χ1v) is 8.85. The lowest BCUT2D eigenvalue weighted by Crippen LogP contribution is -2.37. The maximum Gasteiger partial charge on any atom is 0.566 e. The standard InChI is InChI=1S/C19H15BCl2N2O2/c1-11-19(2,3)26-20(25-11)17-14-10-23-16(22)8-12(14)9-24-18(17)13-6-4-5-7-15(13)21/h4-10H,1H2,2-3H3. The molecule has 4 rings (SSSR count). The van der Waals surface area contributed by atoms with Crippen LogP contribution in [-0.4, -0.2) is 22.7 Å². The Balaban J connectivity index is 2.00. The summed E-state index contributed by atoms with van der Waals surface area (Å²) in [5.41, 5.74) is 1.63. The summed E-state index contributed by atoms with van der Waals surface area (Å²) in [6.45, 7) is 7.80. The van der Waals surface area contributed by atoms with Gasteiger partial charge < -0.3 is 9.31 Å². The number of pyridine rings is 2. The van der Waals surface area contributed by atoms with Gasteiger partial charge in [-0.15, -0.1) is 0 Å². The molecule has 3 aromatic rings. The van der Waals surface area contributed by atoms with Gasteiger partial charge in [-0.3, -0.25) is 4.98 Å². The Kier molecular flexibility index (Phi) is 4.18. The largest absolute Gasteiger partial charge is 0.566 e. The summed E-state index contributed by atoms with van der Waals surface area (Å²) in [6.07, 6.45) is 3.45. The molecule has 3 heterocycles. The first-order chi connectivity index (χ1) is 12.4. The molecule has 0 atom stereocenters. The van der Waals surface area contributed by atoms with Crippen LogP contribution in [0.15, 0.2) is 55.1 Å². The number of benzene rings is 1. The molecular formula is C19H15BCl2N2O2. The van der Waals surface area contributed by atoms with Crippen molar-refractivity contribution in [1.82, 2.24) is 9.97 Å². The molecule has 0 aliphatic carbocycles. The van der Waals surface area contributed by atoms with E-state index in [1.165, 1.54) is 0 Å². The normalized spacial score (nSPS) is 16.2. The highest BCUT2D eigenvalue weighted by Gasteiger charge is 2.45. The van der Waals surface area contributed by atoms with E-state index < -0.39 is 12.7 Å². The van der Waals surface area contributed by atoms with Crippen molar-refractivity contribution in [1.29, 1.82) is 0 Å². The molecule has 0 unspecified atom stereocenters. The minimum atomic E-state index is -0.664. The zero-order valence-corrected chi connectivity index (χ0v) is 15.8. The number of hydrogen-bond acceptors (Lipinski definition) is 4. The molecule has 0 radical (unpaired) electrons. The summed E-state index contributed by atoms with van der Waals surface area (Å²) < 4.78 is 12.1. The quantitative estimate of drug-likeness (QED) is 0.477. The van der Waals surface area contributed by atoms with Crippen molar-refractivity contribution >= 4 is 46.6 Å². The number of aromatic nitrogens is 2. The molecule has 1 aliphatic heterocycles. The van der Waals surface area contributed by atoms with Crippen LogP contribution in [0, 0.1) is 0 Å². The predicted octanol–water partition coefficient (Wildman–Crippen LogP) is 4.64. The first kappa shape index (κ1) is 17.3. The van der Waals surface area contributed by atoms with E-state index in [1.54, 1.807) is 18.5 Å². The van der Waals surface area contributed by atoms with Crippen molar-refractivity contribution in [3.8, 4) is 11.3 Å². The van der Waals surface area contributed by atoms with Crippen molar-refractivity contribution in [2.24, 2.45) is 0 Å². The van der Waals surface area contributed by atoms with Gasteiger partial charge in [0.2, 0.25) is 0 Å². The second-order valence-electron chi connectivity index (χ2n) is 6.60. The fourth-order valence-electron chi connectivity index (χ4n) is 2.96. The van der Waals surface area contributed by atoms with Crippen LogP contribution < -0.4 is 5.46 Å². The fourth-order valence-corrected chi connectivity index (χ4v) is 3.35. The van der Waals surface area contributed by atoms with Gasteiger partial charge in [-0.25, -0.2) is 4.98 Å². The highest BCUT2D eigenvalue weighted by molar-refractivity contribution is 6.67. The molecule has 1 saturated heterocycles. The van der Waals surface area contributed by atoms with E-state index in [0.717, 1.165) is 21.8 Å². The van der Waals surface area contributed by atoms with Crippen molar-refractivity contribution in [3.05, 3.63) is 65.2 Å². The third-order valence-electron chi connectivity index (χ3n) is 4.47. The predicted molar refractivity (Wildman–Crippen MR) is 106 cm³/mol. The van der Waals surface area contributed by atoms with Gasteiger partial charge >= 0.3 is 7.12 Å². The van der Waals surface area contributed by atoms with Crippen molar-refractivity contribution in [2.75, 3.05) is 0 Å². The number of rotatable bonds is 2. The Morgan fingerprint density at radius 1 is 1.12 bits per heavy atom. The van der Waals surface area contributed by atoms with Gasteiger partial charge in [-0.2, -0.15) is 0 Å². The average molecular weight is 385 g/mol. The summed E-state index contributed by atoms with van der Waals surface area (Å²) in [5, 5.41) is 2.68. The van der Waals surface area contributed by atoms with Crippen LogP contribution in [-0.2, 0) is 9.31 Å². The highest BCUT2D eigenvalue weighted by Crippen LogP contribution is 2.33. The van der Waals surface area contributed by atoms with Gasteiger partial charge in [0.1, 0.15) is 10.8 Å². The van der Waals surface area contributed by atoms with E-state index in [4.69, 9.17) is 32.5 Å². The summed E-state index contributed by atoms with van der Waals surface area (Å²) in [5.74, 6) is 0.562. The van der Waals surface area contributed by atoms with E-state index in [1.807, 2.05) is 38.1 Å². The topological polar surface area (TPSA) is 44.2 Å². The number of nitrogens with zero attached hydrogens (tertiary/aromatic N) is 2. The van der Waals surface area contributed by atoms with Crippen LogP contribution in [0.3, 0.4) is 0 Å². The second kappa shape index (κ2) is 6.27. The maximum absolute atomic E-state index is 6.42. The van der Waals surface area contributed by atoms with E-state index in [-0.39, 0.29) is 0 Å². The third-order valence-corrected chi connectivity index (χ3v) is 5.00. The molecule has 1 aliphatic rings. The van der Waals surface area contributed by atoms with Crippen LogP contribution in [0.25, 0.3) is 22.0 Å². The Bertz CT molecular complexity index is 1040. The number of halogens is 2. The Labute approximate surface area is 161 Å². The fraction of sp³-hybridized carbons (Fsp3) is 0.158. The minimum absolute atomic E-state index is 0.397. The molecule has 4 nitrogen and oxygen atoms in total. The molecule has 1 fully saturated rings. The number of hydrogen-bond donors (Lipinski definition) is 0. The number of fused-ring (bicyclic) bond motifs is 1. The van der Waals surface area contributed by atoms with Crippen LogP contribution in [0.1, 0.15) is 13.8 Å². The van der Waals surface area contributed by atoms with Crippen molar-refractivity contribution < 1.29 is 9.31 Å². The molecular weight excluding hydrogens is 370 g/mol. The van der Waals surface area contributed by atoms with E-state index in [2.05, 4.69) is 16.5 Å². The van der Waals surface area contributed by atoms with Gasteiger partial charge in [0.05, 0.1) is 11.5 Å². The molecule has 0 spiro atoms. The molecule has 0 saturated carbocycles.